The summed E-state index contributed by atoms with van der Waals surface area (Å²) in [6, 6.07) is 8.09. The minimum atomic E-state index is -0.0302. The SMILES string of the molecule is CC1Cc2ccccc2N1C(=O)Cn1cc(NC(=O)C2CC2)nn1. The molecule has 2 amide bonds. The Hall–Kier alpha value is -2.70. The van der Waals surface area contributed by atoms with Crippen LogP contribution in [0.5, 0.6) is 0 Å². The van der Waals surface area contributed by atoms with Crippen molar-refractivity contribution in [3.63, 3.8) is 0 Å². The van der Waals surface area contributed by atoms with E-state index >= 15 is 0 Å². The number of fused-ring (bicyclic) bond motifs is 1. The molecule has 2 heterocycles. The number of carbonyl (C=O) groups excluding carboxylic acids is 2. The summed E-state index contributed by atoms with van der Waals surface area (Å²) in [5.41, 5.74) is 2.16. The number of aromatic nitrogens is 3. The number of carbonyl (C=O) groups is 2. The lowest BCUT2D eigenvalue weighted by Crippen LogP contribution is -2.38. The fourth-order valence-electron chi connectivity index (χ4n) is 3.17. The number of hydrogen-bond acceptors (Lipinski definition) is 4. The van der Waals surface area contributed by atoms with Gasteiger partial charge >= 0.3 is 0 Å². The molecule has 2 aromatic rings. The topological polar surface area (TPSA) is 80.1 Å². The Kier molecular flexibility index (Phi) is 3.55. The highest BCUT2D eigenvalue weighted by Crippen LogP contribution is 2.32. The van der Waals surface area contributed by atoms with E-state index in [0.717, 1.165) is 24.9 Å². The second kappa shape index (κ2) is 5.74. The molecule has 7 nitrogen and oxygen atoms in total. The van der Waals surface area contributed by atoms with E-state index in [4.69, 9.17) is 0 Å². The van der Waals surface area contributed by atoms with Gasteiger partial charge in [0.2, 0.25) is 11.8 Å². The molecule has 0 saturated heterocycles. The summed E-state index contributed by atoms with van der Waals surface area (Å²) in [4.78, 5) is 26.2. The molecule has 124 valence electrons. The standard InChI is InChI=1S/C17H19N5O2/c1-11-8-13-4-2-3-5-14(13)22(11)16(23)10-21-9-15(19-20-21)18-17(24)12-6-7-12/h2-5,9,11-12H,6-8,10H2,1H3,(H,18,24). The van der Waals surface area contributed by atoms with Crippen LogP contribution in [0.25, 0.3) is 0 Å². The third-order valence-electron chi connectivity index (χ3n) is 4.51. The number of para-hydroxylation sites is 1. The minimum Gasteiger partial charge on any atom is -0.308 e. The normalized spacial score (nSPS) is 19.2. The zero-order valence-corrected chi connectivity index (χ0v) is 13.5. The number of anilines is 2. The molecule has 1 fully saturated rings. The van der Waals surface area contributed by atoms with Crippen LogP contribution in [0.15, 0.2) is 30.5 Å². The van der Waals surface area contributed by atoms with Crippen LogP contribution in [0.1, 0.15) is 25.3 Å². The van der Waals surface area contributed by atoms with Crippen molar-refractivity contribution in [1.29, 1.82) is 0 Å². The summed E-state index contributed by atoms with van der Waals surface area (Å²) in [5.74, 6) is 0.459. The fourth-order valence-corrected chi connectivity index (χ4v) is 3.17. The maximum atomic E-state index is 12.7. The van der Waals surface area contributed by atoms with Crippen LogP contribution in [-0.4, -0.2) is 32.9 Å². The van der Waals surface area contributed by atoms with Crippen molar-refractivity contribution in [1.82, 2.24) is 15.0 Å². The van der Waals surface area contributed by atoms with Gasteiger partial charge in [-0.1, -0.05) is 23.4 Å². The molecule has 1 aromatic carbocycles. The zero-order chi connectivity index (χ0) is 16.7. The quantitative estimate of drug-likeness (QED) is 0.926. The van der Waals surface area contributed by atoms with Gasteiger partial charge in [-0.3, -0.25) is 9.59 Å². The highest BCUT2D eigenvalue weighted by atomic mass is 16.2. The Morgan fingerprint density at radius 1 is 1.29 bits per heavy atom. The third-order valence-corrected chi connectivity index (χ3v) is 4.51. The van der Waals surface area contributed by atoms with Gasteiger partial charge in [-0.15, -0.1) is 5.10 Å². The lowest BCUT2D eigenvalue weighted by molar-refractivity contribution is -0.119. The number of nitrogens with zero attached hydrogens (tertiary/aromatic N) is 4. The zero-order valence-electron chi connectivity index (χ0n) is 13.5. The molecule has 1 aromatic heterocycles. The molecule has 0 spiro atoms. The van der Waals surface area contributed by atoms with Crippen molar-refractivity contribution in [3.05, 3.63) is 36.0 Å². The van der Waals surface area contributed by atoms with Gasteiger partial charge in [-0.2, -0.15) is 0 Å². The average molecular weight is 325 g/mol. The lowest BCUT2D eigenvalue weighted by Gasteiger charge is -2.22. The molecule has 7 heteroatoms. The van der Waals surface area contributed by atoms with Gasteiger partial charge in [-0.05, 0) is 37.8 Å². The van der Waals surface area contributed by atoms with Crippen molar-refractivity contribution in [2.75, 3.05) is 10.2 Å². The Morgan fingerprint density at radius 3 is 2.88 bits per heavy atom. The molecule has 0 bridgehead atoms. The maximum absolute atomic E-state index is 12.7. The molecule has 2 aliphatic rings. The lowest BCUT2D eigenvalue weighted by atomic mass is 10.1. The first kappa shape index (κ1) is 14.9. The van der Waals surface area contributed by atoms with Crippen LogP contribution in [0, 0.1) is 5.92 Å². The molecule has 4 rings (SSSR count). The van der Waals surface area contributed by atoms with E-state index in [1.54, 1.807) is 6.20 Å². The fraction of sp³-hybridized carbons (Fsp3) is 0.412. The van der Waals surface area contributed by atoms with Crippen molar-refractivity contribution in [2.24, 2.45) is 5.92 Å². The summed E-state index contributed by atoms with van der Waals surface area (Å²) in [6.45, 7) is 2.14. The molecule has 1 N–H and O–H groups in total. The van der Waals surface area contributed by atoms with Crippen molar-refractivity contribution < 1.29 is 9.59 Å². The monoisotopic (exact) mass is 325 g/mol. The number of nitrogens with one attached hydrogen (secondary N) is 1. The predicted octanol–water partition coefficient (Wildman–Crippen LogP) is 1.60. The highest BCUT2D eigenvalue weighted by Gasteiger charge is 2.31. The van der Waals surface area contributed by atoms with Crippen LogP contribution < -0.4 is 10.2 Å². The van der Waals surface area contributed by atoms with E-state index in [2.05, 4.69) is 21.7 Å². The van der Waals surface area contributed by atoms with Gasteiger partial charge in [0, 0.05) is 17.6 Å². The predicted molar refractivity (Wildman–Crippen MR) is 88.5 cm³/mol. The summed E-state index contributed by atoms with van der Waals surface area (Å²) in [6.07, 6.45) is 4.34. The van der Waals surface area contributed by atoms with E-state index in [-0.39, 0.29) is 30.3 Å². The van der Waals surface area contributed by atoms with Gasteiger partial charge in [0.25, 0.3) is 0 Å². The molecular weight excluding hydrogens is 306 g/mol. The van der Waals surface area contributed by atoms with E-state index in [1.165, 1.54) is 10.2 Å². The van der Waals surface area contributed by atoms with Crippen molar-refractivity contribution in [3.8, 4) is 0 Å². The number of hydrogen-bond donors (Lipinski definition) is 1. The first-order chi connectivity index (χ1) is 11.6. The van der Waals surface area contributed by atoms with E-state index in [0.29, 0.717) is 5.82 Å². The number of rotatable bonds is 4. The summed E-state index contributed by atoms with van der Waals surface area (Å²) in [7, 11) is 0. The van der Waals surface area contributed by atoms with E-state index < -0.39 is 0 Å². The van der Waals surface area contributed by atoms with Crippen molar-refractivity contribution in [2.45, 2.75) is 38.8 Å². The largest absolute Gasteiger partial charge is 0.308 e. The molecule has 1 atom stereocenters. The maximum Gasteiger partial charge on any atom is 0.249 e. The Bertz CT molecular complexity index is 796. The second-order valence-corrected chi connectivity index (χ2v) is 6.51. The molecule has 1 aliphatic heterocycles. The molecule has 0 radical (unpaired) electrons. The average Bonchev–Trinajstić information content (AvgIpc) is 3.23. The Labute approximate surface area is 139 Å². The van der Waals surface area contributed by atoms with Crippen LogP contribution in [0.3, 0.4) is 0 Å². The van der Waals surface area contributed by atoms with Gasteiger partial charge < -0.3 is 10.2 Å². The van der Waals surface area contributed by atoms with Gasteiger partial charge in [0.05, 0.1) is 6.20 Å². The molecular formula is C17H19N5O2. The van der Waals surface area contributed by atoms with Gasteiger partial charge in [0.15, 0.2) is 5.82 Å². The molecule has 1 saturated carbocycles. The Morgan fingerprint density at radius 2 is 2.08 bits per heavy atom. The minimum absolute atomic E-state index is 0.0181. The molecule has 1 unspecified atom stereocenters. The van der Waals surface area contributed by atoms with E-state index in [1.807, 2.05) is 30.0 Å². The van der Waals surface area contributed by atoms with Gasteiger partial charge in [0.1, 0.15) is 6.54 Å². The number of benzene rings is 1. The molecule has 1 aliphatic carbocycles. The first-order valence-corrected chi connectivity index (χ1v) is 8.23. The second-order valence-electron chi connectivity index (χ2n) is 6.51. The van der Waals surface area contributed by atoms with Crippen LogP contribution in [0.4, 0.5) is 11.5 Å². The first-order valence-electron chi connectivity index (χ1n) is 8.23. The van der Waals surface area contributed by atoms with Crippen molar-refractivity contribution >= 4 is 23.3 Å². The highest BCUT2D eigenvalue weighted by molar-refractivity contribution is 5.96. The number of amides is 2. The Balaban J connectivity index is 1.44. The summed E-state index contributed by atoms with van der Waals surface area (Å²) < 4.78 is 1.47. The third kappa shape index (κ3) is 2.77. The molecule has 24 heavy (non-hydrogen) atoms. The van der Waals surface area contributed by atoms with Crippen LogP contribution in [0.2, 0.25) is 0 Å². The van der Waals surface area contributed by atoms with E-state index in [9.17, 15) is 9.59 Å². The summed E-state index contributed by atoms with van der Waals surface area (Å²) >= 11 is 0. The smallest absolute Gasteiger partial charge is 0.249 e. The van der Waals surface area contributed by atoms with Gasteiger partial charge in [-0.25, -0.2) is 4.68 Å². The van der Waals surface area contributed by atoms with Crippen LogP contribution >= 0.6 is 0 Å². The summed E-state index contributed by atoms with van der Waals surface area (Å²) in [5, 5.41) is 10.6. The van der Waals surface area contributed by atoms with Crippen LogP contribution in [-0.2, 0) is 22.6 Å².